The molecule has 5 rings (SSSR count). The number of sulfonamides is 1. The van der Waals surface area contributed by atoms with Crippen LogP contribution in [0.15, 0.2) is 41.3 Å². The van der Waals surface area contributed by atoms with Gasteiger partial charge in [0.1, 0.15) is 0 Å². The highest BCUT2D eigenvalue weighted by atomic mass is 35.5. The Morgan fingerprint density at radius 3 is 2.39 bits per heavy atom. The van der Waals surface area contributed by atoms with Gasteiger partial charge in [0.05, 0.1) is 27.7 Å². The lowest BCUT2D eigenvalue weighted by molar-refractivity contribution is -0.0586. The quantitative estimate of drug-likeness (QED) is 0.474. The Labute approximate surface area is 220 Å². The molecule has 1 aromatic heterocycles. The Morgan fingerprint density at radius 1 is 1.11 bits per heavy atom. The first-order valence-electron chi connectivity index (χ1n) is 11.9. The zero-order valence-electron chi connectivity index (χ0n) is 20.3. The molecule has 1 amide bonds. The number of aryl methyl sites for hydroxylation is 1. The Balaban J connectivity index is 1.61. The molecule has 1 aliphatic carbocycles. The standard InChI is InChI=1S/C26H28ClN3O4S2/c1-14-10-19(7-9-22(14)36(28,32)33)24-23(18-6-8-21(27)20(11-18)17-4-5-17)29-25(35-24)26(31)30-12-15(2)34-16(3)13-30/h6-11,15-17H,4-5,12-13H2,1-3H3,(H2,28,32,33)/t15-,16+. The first-order chi connectivity index (χ1) is 17.0. The molecule has 36 heavy (non-hydrogen) atoms. The zero-order chi connectivity index (χ0) is 25.8. The van der Waals surface area contributed by atoms with Crippen LogP contribution in [0.1, 0.15) is 53.5 Å². The van der Waals surface area contributed by atoms with Gasteiger partial charge in [-0.15, -0.1) is 11.3 Å². The monoisotopic (exact) mass is 545 g/mol. The number of hydrogen-bond acceptors (Lipinski definition) is 6. The van der Waals surface area contributed by atoms with Gasteiger partial charge in [-0.05, 0) is 80.5 Å². The van der Waals surface area contributed by atoms with Gasteiger partial charge in [0.25, 0.3) is 5.91 Å². The number of rotatable bonds is 5. The molecule has 3 aromatic rings. The van der Waals surface area contributed by atoms with E-state index in [1.165, 1.54) is 17.4 Å². The number of morpholine rings is 1. The summed E-state index contributed by atoms with van der Waals surface area (Å²) >= 11 is 7.79. The maximum absolute atomic E-state index is 13.5. The Hall–Kier alpha value is -2.30. The fourth-order valence-electron chi connectivity index (χ4n) is 4.79. The molecule has 0 bridgehead atoms. The van der Waals surface area contributed by atoms with E-state index in [9.17, 15) is 13.2 Å². The van der Waals surface area contributed by atoms with Gasteiger partial charge < -0.3 is 9.64 Å². The van der Waals surface area contributed by atoms with Crippen LogP contribution in [0.5, 0.6) is 0 Å². The Kier molecular flexibility index (Phi) is 6.72. The summed E-state index contributed by atoms with van der Waals surface area (Å²) in [6.07, 6.45) is 2.11. The number of nitrogens with zero attached hydrogens (tertiary/aromatic N) is 2. The van der Waals surface area contributed by atoms with E-state index in [1.54, 1.807) is 24.0 Å². The molecule has 2 N–H and O–H groups in total. The first kappa shape index (κ1) is 25.4. The summed E-state index contributed by atoms with van der Waals surface area (Å²) in [5, 5.41) is 6.49. The van der Waals surface area contributed by atoms with E-state index in [2.05, 4.69) is 6.07 Å². The summed E-state index contributed by atoms with van der Waals surface area (Å²) in [5.41, 5.74) is 3.96. The fraction of sp³-hybridized carbons (Fsp3) is 0.385. The van der Waals surface area contributed by atoms with E-state index < -0.39 is 10.0 Å². The third-order valence-corrected chi connectivity index (χ3v) is 9.05. The number of primary sulfonamides is 1. The van der Waals surface area contributed by atoms with Gasteiger partial charge in [0.15, 0.2) is 5.01 Å². The summed E-state index contributed by atoms with van der Waals surface area (Å²) in [6.45, 7) is 6.62. The molecule has 1 aliphatic heterocycles. The second-order valence-electron chi connectivity index (χ2n) is 9.70. The number of carbonyl (C=O) groups is 1. The topological polar surface area (TPSA) is 103 Å². The van der Waals surface area contributed by atoms with Crippen molar-refractivity contribution < 1.29 is 17.9 Å². The van der Waals surface area contributed by atoms with Crippen molar-refractivity contribution in [2.24, 2.45) is 5.14 Å². The lowest BCUT2D eigenvalue weighted by atomic mass is 10.0. The maximum Gasteiger partial charge on any atom is 0.283 e. The average Bonchev–Trinajstić information content (AvgIpc) is 3.55. The van der Waals surface area contributed by atoms with Crippen molar-refractivity contribution in [3.63, 3.8) is 0 Å². The molecule has 2 aliphatic rings. The lowest BCUT2D eigenvalue weighted by Crippen LogP contribution is -2.48. The molecule has 1 saturated heterocycles. The highest BCUT2D eigenvalue weighted by molar-refractivity contribution is 7.89. The molecule has 2 fully saturated rings. The van der Waals surface area contributed by atoms with Crippen LogP contribution in [-0.2, 0) is 14.8 Å². The number of hydrogen-bond donors (Lipinski definition) is 1. The van der Waals surface area contributed by atoms with Gasteiger partial charge in [-0.25, -0.2) is 18.5 Å². The largest absolute Gasteiger partial charge is 0.372 e. The number of halogens is 1. The van der Waals surface area contributed by atoms with Gasteiger partial charge in [-0.1, -0.05) is 23.7 Å². The average molecular weight is 546 g/mol. The molecule has 1 saturated carbocycles. The predicted octanol–water partition coefficient (Wildman–Crippen LogP) is 5.21. The summed E-state index contributed by atoms with van der Waals surface area (Å²) in [4.78, 5) is 21.0. The second kappa shape index (κ2) is 9.54. The third-order valence-electron chi connectivity index (χ3n) is 6.55. The summed E-state index contributed by atoms with van der Waals surface area (Å²) in [6, 6.07) is 10.9. The molecule has 0 radical (unpaired) electrons. The minimum absolute atomic E-state index is 0.0534. The lowest BCUT2D eigenvalue weighted by Gasteiger charge is -2.34. The minimum Gasteiger partial charge on any atom is -0.372 e. The van der Waals surface area contributed by atoms with Crippen LogP contribution in [0, 0.1) is 6.92 Å². The molecule has 190 valence electrons. The van der Waals surface area contributed by atoms with E-state index in [4.69, 9.17) is 26.5 Å². The van der Waals surface area contributed by atoms with Crippen LogP contribution >= 0.6 is 22.9 Å². The molecule has 7 nitrogen and oxygen atoms in total. The number of nitrogens with two attached hydrogens (primary N) is 1. The first-order valence-corrected chi connectivity index (χ1v) is 14.6. The molecule has 0 unspecified atom stereocenters. The van der Waals surface area contributed by atoms with Gasteiger partial charge >= 0.3 is 0 Å². The van der Waals surface area contributed by atoms with Crippen LogP contribution in [0.25, 0.3) is 21.7 Å². The summed E-state index contributed by atoms with van der Waals surface area (Å²) < 4.78 is 29.7. The molecule has 2 atom stereocenters. The van der Waals surface area contributed by atoms with Crippen molar-refractivity contribution in [1.29, 1.82) is 0 Å². The van der Waals surface area contributed by atoms with E-state index in [1.807, 2.05) is 26.0 Å². The Morgan fingerprint density at radius 2 is 1.78 bits per heavy atom. The normalized spacial score (nSPS) is 20.5. The van der Waals surface area contributed by atoms with E-state index in [0.717, 1.165) is 39.4 Å². The van der Waals surface area contributed by atoms with Crippen molar-refractivity contribution in [2.75, 3.05) is 13.1 Å². The van der Waals surface area contributed by atoms with Crippen LogP contribution in [0.3, 0.4) is 0 Å². The predicted molar refractivity (Wildman–Crippen MR) is 142 cm³/mol. The van der Waals surface area contributed by atoms with E-state index >= 15 is 0 Å². The minimum atomic E-state index is -3.84. The molecule has 10 heteroatoms. The highest BCUT2D eigenvalue weighted by Gasteiger charge is 2.31. The van der Waals surface area contributed by atoms with Crippen LogP contribution in [0.4, 0.5) is 0 Å². The second-order valence-corrected chi connectivity index (χ2v) is 12.6. The number of ether oxygens (including phenoxy) is 1. The van der Waals surface area contributed by atoms with Crippen molar-refractivity contribution in [3.05, 3.63) is 57.6 Å². The summed E-state index contributed by atoms with van der Waals surface area (Å²) in [7, 11) is -3.84. The van der Waals surface area contributed by atoms with E-state index in [-0.39, 0.29) is 23.0 Å². The van der Waals surface area contributed by atoms with Gasteiger partial charge in [0, 0.05) is 23.7 Å². The molecule has 0 spiro atoms. The van der Waals surface area contributed by atoms with Crippen molar-refractivity contribution in [3.8, 4) is 21.7 Å². The van der Waals surface area contributed by atoms with Crippen molar-refractivity contribution in [1.82, 2.24) is 9.88 Å². The number of benzene rings is 2. The van der Waals surface area contributed by atoms with Gasteiger partial charge in [-0.2, -0.15) is 0 Å². The zero-order valence-corrected chi connectivity index (χ0v) is 22.7. The smallest absolute Gasteiger partial charge is 0.283 e. The molecular formula is C26H28ClN3O4S2. The number of amides is 1. The van der Waals surface area contributed by atoms with Crippen LogP contribution < -0.4 is 5.14 Å². The summed E-state index contributed by atoms with van der Waals surface area (Å²) in [5.74, 6) is 0.317. The van der Waals surface area contributed by atoms with Crippen molar-refractivity contribution >= 4 is 38.9 Å². The fourth-order valence-corrected chi connectivity index (χ4v) is 6.88. The van der Waals surface area contributed by atoms with Crippen molar-refractivity contribution in [2.45, 2.75) is 56.6 Å². The number of aromatic nitrogens is 1. The van der Waals surface area contributed by atoms with E-state index in [0.29, 0.717) is 35.3 Å². The highest BCUT2D eigenvalue weighted by Crippen LogP contribution is 2.46. The van der Waals surface area contributed by atoms with Crippen LogP contribution in [0.2, 0.25) is 5.02 Å². The molecular weight excluding hydrogens is 518 g/mol. The number of thiazole rings is 1. The maximum atomic E-state index is 13.5. The van der Waals surface area contributed by atoms with Gasteiger partial charge in [0.2, 0.25) is 10.0 Å². The third kappa shape index (κ3) is 5.08. The number of carbonyl (C=O) groups excluding carboxylic acids is 1. The van der Waals surface area contributed by atoms with Gasteiger partial charge in [-0.3, -0.25) is 4.79 Å². The Bertz CT molecular complexity index is 1440. The molecule has 2 heterocycles. The SMILES string of the molecule is Cc1cc(-c2sc(C(=O)N3C[C@@H](C)O[C@@H](C)C3)nc2-c2ccc(Cl)c(C3CC3)c2)ccc1S(N)(=O)=O. The molecule has 2 aromatic carbocycles. The van der Waals surface area contributed by atoms with Crippen LogP contribution in [-0.4, -0.2) is 49.5 Å².